The van der Waals surface area contributed by atoms with Crippen molar-refractivity contribution < 1.29 is 4.79 Å². The fourth-order valence-corrected chi connectivity index (χ4v) is 4.22. The Labute approximate surface area is 141 Å². The van der Waals surface area contributed by atoms with Crippen molar-refractivity contribution in [2.24, 2.45) is 5.41 Å². The highest BCUT2D eigenvalue weighted by Crippen LogP contribution is 2.43. The molecule has 1 aliphatic carbocycles. The SMILES string of the molecule is CCC1(Cc2nc[nH]c2C)CCc2c(C)c3ccccn3c2C1=O. The number of ketones is 1. The Morgan fingerprint density at radius 3 is 2.88 bits per heavy atom. The third kappa shape index (κ3) is 1.98. The number of carbonyl (C=O) groups excluding carboxylic acids is 1. The van der Waals surface area contributed by atoms with Gasteiger partial charge >= 0.3 is 0 Å². The first-order valence-electron chi connectivity index (χ1n) is 8.69. The minimum absolute atomic E-state index is 0.281. The van der Waals surface area contributed by atoms with Gasteiger partial charge in [0, 0.05) is 29.2 Å². The van der Waals surface area contributed by atoms with E-state index in [4.69, 9.17) is 0 Å². The Morgan fingerprint density at radius 1 is 1.33 bits per heavy atom. The van der Waals surface area contributed by atoms with Crippen LogP contribution in [0.3, 0.4) is 0 Å². The van der Waals surface area contributed by atoms with Crippen molar-refractivity contribution in [2.75, 3.05) is 0 Å². The number of carbonyl (C=O) groups is 1. The van der Waals surface area contributed by atoms with Crippen LogP contribution >= 0.6 is 0 Å². The Morgan fingerprint density at radius 2 is 2.17 bits per heavy atom. The van der Waals surface area contributed by atoms with E-state index in [1.807, 2.05) is 25.3 Å². The van der Waals surface area contributed by atoms with Crippen LogP contribution in [0.4, 0.5) is 0 Å². The molecule has 0 fully saturated rings. The first kappa shape index (κ1) is 15.2. The molecule has 1 N–H and O–H groups in total. The highest BCUT2D eigenvalue weighted by atomic mass is 16.1. The van der Waals surface area contributed by atoms with Gasteiger partial charge in [0.1, 0.15) is 0 Å². The number of hydrogen-bond donors (Lipinski definition) is 1. The van der Waals surface area contributed by atoms with Crippen LogP contribution in [0, 0.1) is 19.3 Å². The molecule has 1 aliphatic rings. The van der Waals surface area contributed by atoms with Gasteiger partial charge in [-0.3, -0.25) is 4.79 Å². The number of aromatic nitrogens is 3. The van der Waals surface area contributed by atoms with Gasteiger partial charge in [0.15, 0.2) is 5.78 Å². The van der Waals surface area contributed by atoms with Crippen LogP contribution in [-0.4, -0.2) is 20.2 Å². The van der Waals surface area contributed by atoms with Gasteiger partial charge in [-0.05, 0) is 56.4 Å². The number of pyridine rings is 1. The zero-order chi connectivity index (χ0) is 16.9. The number of aromatic amines is 1. The quantitative estimate of drug-likeness (QED) is 0.791. The van der Waals surface area contributed by atoms with Crippen molar-refractivity contribution in [2.45, 2.75) is 46.5 Å². The summed E-state index contributed by atoms with van der Waals surface area (Å²) in [7, 11) is 0. The normalized spacial score (nSPS) is 20.5. The van der Waals surface area contributed by atoms with Gasteiger partial charge in [-0.25, -0.2) is 4.98 Å². The maximum atomic E-state index is 13.6. The summed E-state index contributed by atoms with van der Waals surface area (Å²) in [5.41, 5.74) is 6.27. The van der Waals surface area contributed by atoms with E-state index in [0.29, 0.717) is 0 Å². The molecule has 24 heavy (non-hydrogen) atoms. The minimum Gasteiger partial charge on any atom is -0.348 e. The summed E-state index contributed by atoms with van der Waals surface area (Å²) in [5.74, 6) is 0.281. The van der Waals surface area contributed by atoms with Crippen molar-refractivity contribution in [1.82, 2.24) is 14.4 Å². The number of nitrogens with one attached hydrogen (secondary N) is 1. The molecule has 4 nitrogen and oxygen atoms in total. The van der Waals surface area contributed by atoms with Crippen LogP contribution in [0.15, 0.2) is 30.7 Å². The fraction of sp³-hybridized carbons (Fsp3) is 0.400. The van der Waals surface area contributed by atoms with E-state index in [-0.39, 0.29) is 11.2 Å². The smallest absolute Gasteiger partial charge is 0.186 e. The average molecular weight is 321 g/mol. The largest absolute Gasteiger partial charge is 0.348 e. The van der Waals surface area contributed by atoms with Crippen molar-refractivity contribution >= 4 is 11.3 Å². The maximum absolute atomic E-state index is 13.6. The van der Waals surface area contributed by atoms with E-state index in [1.165, 1.54) is 11.1 Å². The van der Waals surface area contributed by atoms with Crippen LogP contribution in [0.5, 0.6) is 0 Å². The van der Waals surface area contributed by atoms with Crippen molar-refractivity contribution in [3.63, 3.8) is 0 Å². The van der Waals surface area contributed by atoms with Gasteiger partial charge in [0.25, 0.3) is 0 Å². The molecule has 0 saturated heterocycles. The summed E-state index contributed by atoms with van der Waals surface area (Å²) in [4.78, 5) is 21.2. The number of hydrogen-bond acceptors (Lipinski definition) is 2. The second-order valence-electron chi connectivity index (χ2n) is 7.02. The molecule has 1 unspecified atom stereocenters. The van der Waals surface area contributed by atoms with Crippen LogP contribution in [0.25, 0.3) is 5.52 Å². The van der Waals surface area contributed by atoms with E-state index in [2.05, 4.69) is 34.3 Å². The maximum Gasteiger partial charge on any atom is 0.186 e. The summed E-state index contributed by atoms with van der Waals surface area (Å²) < 4.78 is 2.09. The molecule has 124 valence electrons. The topological polar surface area (TPSA) is 50.2 Å². The second kappa shape index (κ2) is 5.33. The first-order chi connectivity index (χ1) is 11.6. The summed E-state index contributed by atoms with van der Waals surface area (Å²) in [6.07, 6.45) is 7.17. The lowest BCUT2D eigenvalue weighted by Gasteiger charge is -2.35. The molecule has 3 aromatic heterocycles. The van der Waals surface area contributed by atoms with Gasteiger partial charge in [-0.2, -0.15) is 0 Å². The number of Topliss-reactive ketones (excluding diaryl/α,β-unsaturated/α-hetero) is 1. The highest BCUT2D eigenvalue weighted by Gasteiger charge is 2.44. The zero-order valence-electron chi connectivity index (χ0n) is 14.5. The standard InChI is InChI=1S/C20H23N3O/c1-4-20(11-16-14(3)21-12-22-16)9-8-15-13(2)17-7-5-6-10-23(17)18(15)19(20)24/h5-7,10,12H,4,8-9,11H2,1-3H3,(H,21,22). The van der Waals surface area contributed by atoms with Crippen LogP contribution in [0.2, 0.25) is 0 Å². The summed E-state index contributed by atoms with van der Waals surface area (Å²) in [5, 5.41) is 0. The van der Waals surface area contributed by atoms with Crippen molar-refractivity contribution in [1.29, 1.82) is 0 Å². The van der Waals surface area contributed by atoms with E-state index < -0.39 is 0 Å². The monoisotopic (exact) mass is 321 g/mol. The Kier molecular flexibility index (Phi) is 3.37. The molecule has 0 radical (unpaired) electrons. The lowest BCUT2D eigenvalue weighted by molar-refractivity contribution is 0.0736. The van der Waals surface area contributed by atoms with Gasteiger partial charge in [0.2, 0.25) is 0 Å². The molecule has 0 aliphatic heterocycles. The molecular weight excluding hydrogens is 298 g/mol. The minimum atomic E-state index is -0.344. The zero-order valence-corrected chi connectivity index (χ0v) is 14.5. The van der Waals surface area contributed by atoms with Gasteiger partial charge in [-0.15, -0.1) is 0 Å². The fourth-order valence-electron chi connectivity index (χ4n) is 4.22. The van der Waals surface area contributed by atoms with E-state index in [0.717, 1.165) is 48.3 Å². The highest BCUT2D eigenvalue weighted by molar-refractivity contribution is 6.03. The third-order valence-corrected chi connectivity index (χ3v) is 5.89. The molecule has 0 aromatic carbocycles. The van der Waals surface area contributed by atoms with E-state index in [9.17, 15) is 4.79 Å². The molecule has 4 heteroatoms. The van der Waals surface area contributed by atoms with Gasteiger partial charge in [0.05, 0.1) is 17.7 Å². The molecule has 1 atom stereocenters. The number of imidazole rings is 1. The van der Waals surface area contributed by atoms with E-state index >= 15 is 0 Å². The molecule has 4 rings (SSSR count). The van der Waals surface area contributed by atoms with Gasteiger partial charge in [-0.1, -0.05) is 13.0 Å². The molecule has 3 aromatic rings. The summed E-state index contributed by atoms with van der Waals surface area (Å²) in [6.45, 7) is 6.30. The van der Waals surface area contributed by atoms with Gasteiger partial charge < -0.3 is 9.38 Å². The third-order valence-electron chi connectivity index (χ3n) is 5.89. The van der Waals surface area contributed by atoms with Crippen molar-refractivity contribution in [3.8, 4) is 0 Å². The summed E-state index contributed by atoms with van der Waals surface area (Å²) in [6, 6.07) is 6.14. The lowest BCUT2D eigenvalue weighted by Crippen LogP contribution is -2.38. The lowest BCUT2D eigenvalue weighted by atomic mass is 9.67. The number of aryl methyl sites for hydroxylation is 2. The van der Waals surface area contributed by atoms with Crippen LogP contribution in [0.1, 0.15) is 52.8 Å². The first-order valence-corrected chi connectivity index (χ1v) is 8.69. The molecular formula is C20H23N3O. The number of rotatable bonds is 3. The number of fused-ring (bicyclic) bond motifs is 3. The van der Waals surface area contributed by atoms with Crippen LogP contribution in [-0.2, 0) is 12.8 Å². The number of H-pyrrole nitrogens is 1. The molecule has 0 bridgehead atoms. The van der Waals surface area contributed by atoms with E-state index in [1.54, 1.807) is 6.33 Å². The molecule has 0 amide bonds. The molecule has 3 heterocycles. The molecule has 0 spiro atoms. The predicted molar refractivity (Wildman–Crippen MR) is 94.5 cm³/mol. The Balaban J connectivity index is 1.86. The molecule has 0 saturated carbocycles. The van der Waals surface area contributed by atoms with Crippen LogP contribution < -0.4 is 0 Å². The Hall–Kier alpha value is -2.36. The predicted octanol–water partition coefficient (Wildman–Crippen LogP) is 4.05. The Bertz CT molecular complexity index is 934. The number of nitrogens with zero attached hydrogens (tertiary/aromatic N) is 2. The van der Waals surface area contributed by atoms with Crippen molar-refractivity contribution in [3.05, 3.63) is 58.9 Å². The average Bonchev–Trinajstić information content (AvgIpc) is 3.13. The summed E-state index contributed by atoms with van der Waals surface area (Å²) >= 11 is 0. The second-order valence-corrected chi connectivity index (χ2v) is 7.02.